The Labute approximate surface area is 245 Å². The van der Waals surface area contributed by atoms with Crippen LogP contribution in [0.3, 0.4) is 0 Å². The number of carbonyl (C=O) groups is 1. The number of aromatic nitrogens is 3. The molecule has 4 rings (SSSR count). The molecule has 0 aliphatic carbocycles. The Morgan fingerprint density at radius 3 is 2.31 bits per heavy atom. The molecule has 0 bridgehead atoms. The van der Waals surface area contributed by atoms with Gasteiger partial charge in [-0.15, -0.1) is 0 Å². The number of amides is 1. The molecule has 10 heteroatoms. The predicted octanol–water partition coefficient (Wildman–Crippen LogP) is 5.58. The molecular weight excluding hydrogens is 538 g/mol. The lowest BCUT2D eigenvalue weighted by atomic mass is 9.91. The quantitative estimate of drug-likeness (QED) is 0.199. The Kier molecular flexibility index (Phi) is 9.03. The SMILES string of the molecule is C=CC(=O)N1[C@H](C)CN(c2nc(=O)n(C(/C(C)=C\C)[C@@H](N=C)C(C)C)c3nc(-c4ccccc4F)c(F)cc23)C[C@@H]1C. The van der Waals surface area contributed by atoms with Crippen LogP contribution in [0.2, 0.25) is 0 Å². The summed E-state index contributed by atoms with van der Waals surface area (Å²) >= 11 is 0. The van der Waals surface area contributed by atoms with Crippen LogP contribution in [-0.4, -0.2) is 63.3 Å². The lowest BCUT2D eigenvalue weighted by Gasteiger charge is -2.44. The molecule has 0 spiro atoms. The molecule has 0 saturated carbocycles. The van der Waals surface area contributed by atoms with Gasteiger partial charge in [-0.25, -0.2) is 18.6 Å². The summed E-state index contributed by atoms with van der Waals surface area (Å²) in [6.45, 7) is 19.6. The van der Waals surface area contributed by atoms with Gasteiger partial charge >= 0.3 is 5.69 Å². The Hall–Kier alpha value is -4.21. The van der Waals surface area contributed by atoms with Crippen LogP contribution in [0, 0.1) is 17.6 Å². The minimum Gasteiger partial charge on any atom is -0.352 e. The van der Waals surface area contributed by atoms with Gasteiger partial charge in [-0.2, -0.15) is 4.98 Å². The predicted molar refractivity (Wildman–Crippen MR) is 164 cm³/mol. The molecule has 0 N–H and O–H groups in total. The van der Waals surface area contributed by atoms with Crippen LogP contribution in [-0.2, 0) is 4.79 Å². The van der Waals surface area contributed by atoms with Crippen molar-refractivity contribution in [1.29, 1.82) is 0 Å². The first-order chi connectivity index (χ1) is 19.9. The number of fused-ring (bicyclic) bond motifs is 1. The normalized spacial score (nSPS) is 19.2. The van der Waals surface area contributed by atoms with Crippen LogP contribution in [0.4, 0.5) is 14.6 Å². The van der Waals surface area contributed by atoms with E-state index >= 15 is 4.39 Å². The van der Waals surface area contributed by atoms with Crippen LogP contribution in [0.5, 0.6) is 0 Å². The van der Waals surface area contributed by atoms with Gasteiger partial charge in [-0.3, -0.25) is 14.4 Å². The number of rotatable bonds is 8. The number of nitrogens with zero attached hydrogens (tertiary/aromatic N) is 6. The van der Waals surface area contributed by atoms with Crippen LogP contribution < -0.4 is 10.6 Å². The fourth-order valence-corrected chi connectivity index (χ4v) is 5.96. The van der Waals surface area contributed by atoms with E-state index in [0.717, 1.165) is 5.57 Å². The van der Waals surface area contributed by atoms with Crippen LogP contribution >= 0.6 is 0 Å². The molecule has 0 radical (unpaired) electrons. The first-order valence-corrected chi connectivity index (χ1v) is 14.1. The number of benzene rings is 1. The van der Waals surface area contributed by atoms with Gasteiger partial charge in [0, 0.05) is 30.7 Å². The van der Waals surface area contributed by atoms with Gasteiger partial charge in [0.05, 0.1) is 17.5 Å². The van der Waals surface area contributed by atoms with Crippen molar-refractivity contribution in [2.75, 3.05) is 18.0 Å². The van der Waals surface area contributed by atoms with E-state index < -0.39 is 29.4 Å². The summed E-state index contributed by atoms with van der Waals surface area (Å²) in [5.74, 6) is -1.32. The number of aliphatic imine (C=N–C) groups is 1. The van der Waals surface area contributed by atoms with Gasteiger partial charge in [0.1, 0.15) is 28.8 Å². The van der Waals surface area contributed by atoms with Crippen molar-refractivity contribution in [1.82, 2.24) is 19.4 Å². The third kappa shape index (κ3) is 5.49. The number of hydrogen-bond donors (Lipinski definition) is 0. The highest BCUT2D eigenvalue weighted by molar-refractivity contribution is 5.90. The summed E-state index contributed by atoms with van der Waals surface area (Å²) in [6.07, 6.45) is 3.17. The molecule has 1 aromatic carbocycles. The Morgan fingerprint density at radius 1 is 1.12 bits per heavy atom. The zero-order chi connectivity index (χ0) is 30.9. The van der Waals surface area contributed by atoms with Crippen molar-refractivity contribution in [2.45, 2.75) is 65.7 Å². The van der Waals surface area contributed by atoms with Gasteiger partial charge in [0.2, 0.25) is 5.91 Å². The average Bonchev–Trinajstić information content (AvgIpc) is 2.95. The summed E-state index contributed by atoms with van der Waals surface area (Å²) in [7, 11) is 0. The van der Waals surface area contributed by atoms with E-state index in [1.165, 1.54) is 34.9 Å². The number of halogens is 2. The summed E-state index contributed by atoms with van der Waals surface area (Å²) in [6, 6.07) is 5.57. The molecule has 3 aromatic rings. The standard InChI is InChI=1S/C32H38F2N6O2/c1-9-19(5)29(27(35-8)18(3)4)40-31-23(15-25(34)28(36-31)22-13-11-12-14-24(22)33)30(37-32(40)42)38-16-20(6)39(21(7)17-38)26(41)10-2/h9-15,18,20-21,27,29H,2,8,16-17H2,1,3-7H3/b19-9-/t20-,21+,27-,29?/m0/s1. The Bertz CT molecular complexity index is 1600. The number of hydrogen-bond acceptors (Lipinski definition) is 6. The van der Waals surface area contributed by atoms with Crippen LogP contribution in [0.1, 0.15) is 47.6 Å². The van der Waals surface area contributed by atoms with Crippen LogP contribution in [0.25, 0.3) is 22.3 Å². The van der Waals surface area contributed by atoms with E-state index in [9.17, 15) is 14.0 Å². The summed E-state index contributed by atoms with van der Waals surface area (Å²) in [5, 5.41) is 0.301. The number of allylic oxidation sites excluding steroid dienone is 1. The summed E-state index contributed by atoms with van der Waals surface area (Å²) in [4.78, 5) is 43.7. The highest BCUT2D eigenvalue weighted by Crippen LogP contribution is 2.35. The van der Waals surface area contributed by atoms with Crippen molar-refractivity contribution in [3.05, 3.63) is 76.8 Å². The number of carbonyl (C=O) groups excluding carboxylic acids is 1. The number of anilines is 1. The van der Waals surface area contributed by atoms with E-state index in [0.29, 0.717) is 18.5 Å². The molecule has 1 amide bonds. The smallest absolute Gasteiger partial charge is 0.351 e. The highest BCUT2D eigenvalue weighted by Gasteiger charge is 2.35. The van der Waals surface area contributed by atoms with Gasteiger partial charge in [-0.1, -0.05) is 44.2 Å². The van der Waals surface area contributed by atoms with Crippen molar-refractivity contribution in [2.24, 2.45) is 10.9 Å². The van der Waals surface area contributed by atoms with Gasteiger partial charge in [0.15, 0.2) is 0 Å². The maximum atomic E-state index is 15.8. The third-order valence-electron chi connectivity index (χ3n) is 8.03. The molecule has 4 atom stereocenters. The average molecular weight is 577 g/mol. The Balaban J connectivity index is 2.05. The van der Waals surface area contributed by atoms with E-state index in [2.05, 4.69) is 28.3 Å². The number of piperazine rings is 1. The fraction of sp³-hybridized carbons (Fsp3) is 0.406. The molecule has 8 nitrogen and oxygen atoms in total. The van der Waals surface area contributed by atoms with Gasteiger partial charge in [0.25, 0.3) is 0 Å². The minimum atomic E-state index is -0.746. The third-order valence-corrected chi connectivity index (χ3v) is 8.03. The molecular formula is C32H38F2N6O2. The largest absolute Gasteiger partial charge is 0.352 e. The minimum absolute atomic E-state index is 0.00677. The zero-order valence-electron chi connectivity index (χ0n) is 25.0. The van der Waals surface area contributed by atoms with Crippen molar-refractivity contribution in [3.63, 3.8) is 0 Å². The zero-order valence-corrected chi connectivity index (χ0v) is 25.0. The van der Waals surface area contributed by atoms with E-state index in [1.54, 1.807) is 11.0 Å². The maximum Gasteiger partial charge on any atom is 0.351 e. The van der Waals surface area contributed by atoms with E-state index in [-0.39, 0.29) is 46.6 Å². The lowest BCUT2D eigenvalue weighted by molar-refractivity contribution is -0.130. The first kappa shape index (κ1) is 30.7. The van der Waals surface area contributed by atoms with Gasteiger partial charge < -0.3 is 9.80 Å². The Morgan fingerprint density at radius 2 is 1.76 bits per heavy atom. The summed E-state index contributed by atoms with van der Waals surface area (Å²) in [5.41, 5.74) is 0.168. The molecule has 1 aliphatic rings. The molecule has 42 heavy (non-hydrogen) atoms. The second-order valence-corrected chi connectivity index (χ2v) is 11.2. The molecule has 1 aliphatic heterocycles. The lowest BCUT2D eigenvalue weighted by Crippen LogP contribution is -2.58. The van der Waals surface area contributed by atoms with E-state index in [4.69, 9.17) is 0 Å². The number of pyridine rings is 1. The molecule has 222 valence electrons. The highest BCUT2D eigenvalue weighted by atomic mass is 19.1. The second-order valence-electron chi connectivity index (χ2n) is 11.2. The fourth-order valence-electron chi connectivity index (χ4n) is 5.96. The van der Waals surface area contributed by atoms with Crippen molar-refractivity contribution >= 4 is 29.5 Å². The molecule has 2 aromatic heterocycles. The summed E-state index contributed by atoms with van der Waals surface area (Å²) < 4.78 is 32.2. The van der Waals surface area contributed by atoms with Gasteiger partial charge in [-0.05, 0) is 64.6 Å². The van der Waals surface area contributed by atoms with E-state index in [1.807, 2.05) is 52.5 Å². The molecule has 1 saturated heterocycles. The van der Waals surface area contributed by atoms with Crippen LogP contribution in [0.15, 0.2) is 64.4 Å². The monoisotopic (exact) mass is 576 g/mol. The molecule has 1 unspecified atom stereocenters. The topological polar surface area (TPSA) is 83.7 Å². The maximum absolute atomic E-state index is 15.8. The van der Waals surface area contributed by atoms with Crippen molar-refractivity contribution in [3.8, 4) is 11.3 Å². The molecule has 3 heterocycles. The second kappa shape index (κ2) is 12.3. The van der Waals surface area contributed by atoms with Crippen molar-refractivity contribution < 1.29 is 13.6 Å². The first-order valence-electron chi connectivity index (χ1n) is 14.1. The molecule has 1 fully saturated rings.